The molecule has 0 aliphatic carbocycles. The molecule has 1 rings (SSSR count). The van der Waals surface area contributed by atoms with E-state index in [9.17, 15) is 4.79 Å². The van der Waals surface area contributed by atoms with Crippen molar-refractivity contribution in [1.82, 2.24) is 10.6 Å². The van der Waals surface area contributed by atoms with Crippen LogP contribution >= 0.6 is 0 Å². The second kappa shape index (κ2) is 6.80. The van der Waals surface area contributed by atoms with Gasteiger partial charge in [-0.1, -0.05) is 0 Å². The average molecular weight is 252 g/mol. The van der Waals surface area contributed by atoms with Gasteiger partial charge in [0.1, 0.15) is 5.82 Å². The minimum absolute atomic E-state index is 0.360. The molecule has 4 N–H and O–H groups in total. The zero-order valence-electron chi connectivity index (χ0n) is 11.0. The number of esters is 1. The first-order valence-corrected chi connectivity index (χ1v) is 5.98. The molecule has 6 heteroatoms. The lowest BCUT2D eigenvalue weighted by molar-refractivity contribution is -0.137. The van der Waals surface area contributed by atoms with Gasteiger partial charge in [0.05, 0.1) is 6.61 Å². The number of hydrogen-bond acceptors (Lipinski definition) is 6. The molecule has 0 amide bonds. The van der Waals surface area contributed by atoms with E-state index in [4.69, 9.17) is 10.5 Å². The topological polar surface area (TPSA) is 88.7 Å². The Morgan fingerprint density at radius 3 is 2.94 bits per heavy atom. The first-order chi connectivity index (χ1) is 8.58. The second-order valence-electron chi connectivity index (χ2n) is 3.71. The fourth-order valence-electron chi connectivity index (χ4n) is 1.59. The standard InChI is InChI=1S/C12H20N4O2/c1-4-14-11-9(6-7-10(17)18-5-2)8(3)15-12(13)16-11/h6-7,12,14,16H,4-5,13H2,1-3H3/b7-6+. The van der Waals surface area contributed by atoms with Crippen molar-refractivity contribution < 1.29 is 9.53 Å². The average Bonchev–Trinajstić information content (AvgIpc) is 2.28. The van der Waals surface area contributed by atoms with Crippen LogP contribution in [0.1, 0.15) is 20.8 Å². The number of carbonyl (C=O) groups is 1. The van der Waals surface area contributed by atoms with Gasteiger partial charge in [-0.2, -0.15) is 0 Å². The quantitative estimate of drug-likeness (QED) is 0.481. The minimum Gasteiger partial charge on any atom is -0.463 e. The van der Waals surface area contributed by atoms with Crippen molar-refractivity contribution in [2.45, 2.75) is 27.1 Å². The van der Waals surface area contributed by atoms with E-state index in [0.717, 1.165) is 23.7 Å². The van der Waals surface area contributed by atoms with Gasteiger partial charge in [-0.3, -0.25) is 10.7 Å². The summed E-state index contributed by atoms with van der Waals surface area (Å²) in [5.74, 6) is 0.404. The van der Waals surface area contributed by atoms with E-state index in [2.05, 4.69) is 15.6 Å². The van der Waals surface area contributed by atoms with Crippen LogP contribution in [-0.4, -0.2) is 31.1 Å². The molecule has 0 aromatic heterocycles. The van der Waals surface area contributed by atoms with Crippen LogP contribution in [0, 0.1) is 0 Å². The zero-order chi connectivity index (χ0) is 13.5. The van der Waals surface area contributed by atoms with E-state index in [1.54, 1.807) is 13.0 Å². The summed E-state index contributed by atoms with van der Waals surface area (Å²) in [6, 6.07) is 0. The van der Waals surface area contributed by atoms with Crippen LogP contribution in [0.2, 0.25) is 0 Å². The van der Waals surface area contributed by atoms with Gasteiger partial charge >= 0.3 is 5.97 Å². The Balaban J connectivity index is 2.89. The van der Waals surface area contributed by atoms with Gasteiger partial charge in [-0.25, -0.2) is 4.79 Å². The van der Waals surface area contributed by atoms with Crippen LogP contribution in [0.5, 0.6) is 0 Å². The van der Waals surface area contributed by atoms with Crippen LogP contribution in [0.4, 0.5) is 0 Å². The summed E-state index contributed by atoms with van der Waals surface area (Å²) >= 11 is 0. The number of nitrogens with zero attached hydrogens (tertiary/aromatic N) is 1. The molecule has 0 bridgehead atoms. The summed E-state index contributed by atoms with van der Waals surface area (Å²) in [6.45, 7) is 6.71. The highest BCUT2D eigenvalue weighted by Gasteiger charge is 2.16. The summed E-state index contributed by atoms with van der Waals surface area (Å²) in [5.41, 5.74) is 7.31. The molecular formula is C12H20N4O2. The monoisotopic (exact) mass is 252 g/mol. The Morgan fingerprint density at radius 2 is 2.33 bits per heavy atom. The molecule has 0 aromatic rings. The molecule has 18 heavy (non-hydrogen) atoms. The van der Waals surface area contributed by atoms with Gasteiger partial charge < -0.3 is 15.4 Å². The van der Waals surface area contributed by atoms with Crippen LogP contribution in [0.25, 0.3) is 0 Å². The maximum atomic E-state index is 11.3. The molecule has 0 radical (unpaired) electrons. The maximum absolute atomic E-state index is 11.3. The number of ether oxygens (including phenoxy) is 1. The summed E-state index contributed by atoms with van der Waals surface area (Å²) in [6.07, 6.45) is 2.60. The fourth-order valence-corrected chi connectivity index (χ4v) is 1.59. The number of nitrogens with two attached hydrogens (primary N) is 1. The molecule has 0 spiro atoms. The molecule has 1 atom stereocenters. The van der Waals surface area contributed by atoms with Gasteiger partial charge in [-0.05, 0) is 26.8 Å². The lowest BCUT2D eigenvalue weighted by Crippen LogP contribution is -2.44. The third kappa shape index (κ3) is 3.89. The van der Waals surface area contributed by atoms with Gasteiger partial charge in [0.2, 0.25) is 0 Å². The minimum atomic E-state index is -0.459. The molecule has 0 saturated carbocycles. The lowest BCUT2D eigenvalue weighted by atomic mass is 10.1. The van der Waals surface area contributed by atoms with Crippen molar-refractivity contribution >= 4 is 11.7 Å². The summed E-state index contributed by atoms with van der Waals surface area (Å²) in [4.78, 5) is 15.5. The van der Waals surface area contributed by atoms with Crippen LogP contribution in [0.15, 0.2) is 28.5 Å². The highest BCUT2D eigenvalue weighted by atomic mass is 16.5. The number of carbonyl (C=O) groups excluding carboxylic acids is 1. The summed E-state index contributed by atoms with van der Waals surface area (Å²) in [5, 5.41) is 6.16. The first kappa shape index (κ1) is 14.2. The lowest BCUT2D eigenvalue weighted by Gasteiger charge is -2.24. The Kier molecular flexibility index (Phi) is 5.38. The highest BCUT2D eigenvalue weighted by Crippen LogP contribution is 2.10. The SMILES string of the molecule is CCNC1=C(/C=C/C(=O)OCC)C(C)=NC(N)N1. The van der Waals surface area contributed by atoms with Crippen molar-refractivity contribution in [3.8, 4) is 0 Å². The number of allylic oxidation sites excluding steroid dienone is 2. The van der Waals surface area contributed by atoms with E-state index >= 15 is 0 Å². The second-order valence-corrected chi connectivity index (χ2v) is 3.71. The molecule has 6 nitrogen and oxygen atoms in total. The molecular weight excluding hydrogens is 232 g/mol. The van der Waals surface area contributed by atoms with Crippen molar-refractivity contribution in [1.29, 1.82) is 0 Å². The molecule has 1 aliphatic rings. The zero-order valence-corrected chi connectivity index (χ0v) is 11.0. The Bertz CT molecular complexity index is 399. The van der Waals surface area contributed by atoms with Crippen molar-refractivity contribution in [2.24, 2.45) is 10.7 Å². The van der Waals surface area contributed by atoms with Gasteiger partial charge in [0, 0.05) is 23.9 Å². The molecule has 1 unspecified atom stereocenters. The largest absolute Gasteiger partial charge is 0.463 e. The number of aliphatic imine (C=N–C) groups is 1. The number of rotatable bonds is 5. The third-order valence-electron chi connectivity index (χ3n) is 2.31. The van der Waals surface area contributed by atoms with Gasteiger partial charge in [-0.15, -0.1) is 0 Å². The van der Waals surface area contributed by atoms with Crippen molar-refractivity contribution in [2.75, 3.05) is 13.2 Å². The smallest absolute Gasteiger partial charge is 0.330 e. The van der Waals surface area contributed by atoms with E-state index < -0.39 is 6.29 Å². The molecule has 1 aliphatic heterocycles. The number of nitrogens with one attached hydrogen (secondary N) is 2. The molecule has 0 fully saturated rings. The van der Waals surface area contributed by atoms with Crippen LogP contribution in [-0.2, 0) is 9.53 Å². The number of hydrogen-bond donors (Lipinski definition) is 3. The van der Waals surface area contributed by atoms with Gasteiger partial charge in [0.25, 0.3) is 0 Å². The van der Waals surface area contributed by atoms with E-state index in [1.807, 2.05) is 13.8 Å². The van der Waals surface area contributed by atoms with Crippen LogP contribution in [0.3, 0.4) is 0 Å². The first-order valence-electron chi connectivity index (χ1n) is 5.98. The molecule has 0 aromatic carbocycles. The molecule has 0 saturated heterocycles. The maximum Gasteiger partial charge on any atom is 0.330 e. The normalized spacial score (nSPS) is 19.6. The van der Waals surface area contributed by atoms with E-state index in [-0.39, 0.29) is 5.97 Å². The summed E-state index contributed by atoms with van der Waals surface area (Å²) in [7, 11) is 0. The van der Waals surface area contributed by atoms with E-state index in [1.165, 1.54) is 6.08 Å². The third-order valence-corrected chi connectivity index (χ3v) is 2.31. The van der Waals surface area contributed by atoms with Crippen molar-refractivity contribution in [3.63, 3.8) is 0 Å². The Labute approximate surface area is 107 Å². The van der Waals surface area contributed by atoms with Crippen LogP contribution < -0.4 is 16.4 Å². The Morgan fingerprint density at radius 1 is 1.61 bits per heavy atom. The van der Waals surface area contributed by atoms with Crippen molar-refractivity contribution in [3.05, 3.63) is 23.5 Å². The summed E-state index contributed by atoms with van der Waals surface area (Å²) < 4.78 is 4.83. The Hall–Kier alpha value is -1.82. The highest BCUT2D eigenvalue weighted by molar-refractivity contribution is 6.03. The van der Waals surface area contributed by atoms with Gasteiger partial charge in [0.15, 0.2) is 6.29 Å². The fraction of sp³-hybridized carbons (Fsp3) is 0.500. The predicted molar refractivity (Wildman–Crippen MR) is 70.7 cm³/mol. The molecule has 1 heterocycles. The predicted octanol–water partition coefficient (Wildman–Crippen LogP) is 0.233. The van der Waals surface area contributed by atoms with E-state index in [0.29, 0.717) is 6.61 Å². The molecule has 100 valence electrons.